The number of unbranched alkanes of at least 4 members (excludes halogenated alkanes) is 8. The molecule has 0 fully saturated rings. The maximum absolute atomic E-state index is 11.1. The monoisotopic (exact) mass is 922 g/mol. The van der Waals surface area contributed by atoms with E-state index in [0.29, 0.717) is 39.6 Å². The second-order valence-corrected chi connectivity index (χ2v) is 26.5. The Kier molecular flexibility index (Phi) is 23.8. The van der Waals surface area contributed by atoms with Crippen molar-refractivity contribution in [3.05, 3.63) is 122 Å². The lowest BCUT2D eigenvalue weighted by Crippen LogP contribution is -2.44. The molecule has 11 heteroatoms. The van der Waals surface area contributed by atoms with Crippen LogP contribution in [-0.4, -0.2) is 68.2 Å². The minimum atomic E-state index is -1.78. The minimum absolute atomic E-state index is 0.363. The molecule has 4 aromatic carbocycles. The van der Waals surface area contributed by atoms with Crippen LogP contribution in [0.5, 0.6) is 23.0 Å². The van der Waals surface area contributed by atoms with Gasteiger partial charge in [-0.15, -0.1) is 0 Å². The predicted molar refractivity (Wildman–Crippen MR) is 269 cm³/mol. The van der Waals surface area contributed by atoms with Crippen molar-refractivity contribution >= 4 is 28.6 Å². The van der Waals surface area contributed by atoms with Crippen LogP contribution in [0.3, 0.4) is 0 Å². The molecule has 0 atom stereocenters. The molecular formula is C54H74O9Si2. The molecule has 0 aromatic heterocycles. The van der Waals surface area contributed by atoms with Crippen LogP contribution in [-0.2, 0) is 23.2 Å². The van der Waals surface area contributed by atoms with Gasteiger partial charge in [0, 0.05) is 12.2 Å². The number of hydrogen-bond donors (Lipinski definition) is 0. The van der Waals surface area contributed by atoms with Crippen LogP contribution in [0.25, 0.3) is 22.3 Å². The summed E-state index contributed by atoms with van der Waals surface area (Å²) in [5, 5.41) is 0. The molecule has 0 spiro atoms. The zero-order valence-corrected chi connectivity index (χ0v) is 41.6. The standard InChI is InChI=1S/C54H74O9Si2/c1-7-53(55)61-41-15-11-9-13-37-57-49-29-21-45(22-30-49)47-25-33-51(34-26-47)59-39-17-19-43-64(3,4)63-65(5,6)44-20-18-40-60-52-35-27-48(28-36-52)46-23-31-50(32-24-46)58-38-14-10-12-16-42-62-54(56)8-2/h7-8,21-36H,1-2,9-20,37-44H2,3-6H3. The zero-order valence-electron chi connectivity index (χ0n) is 39.6. The van der Waals surface area contributed by atoms with E-state index < -0.39 is 16.6 Å². The van der Waals surface area contributed by atoms with E-state index in [9.17, 15) is 9.59 Å². The third kappa shape index (κ3) is 22.1. The number of carbonyl (C=O) groups excluding carboxylic acids is 2. The Morgan fingerprint density at radius 1 is 0.385 bits per heavy atom. The summed E-state index contributed by atoms with van der Waals surface area (Å²) < 4.78 is 41.0. The summed E-state index contributed by atoms with van der Waals surface area (Å²) in [6.45, 7) is 19.9. The van der Waals surface area contributed by atoms with Crippen LogP contribution in [0.15, 0.2) is 122 Å². The van der Waals surface area contributed by atoms with Gasteiger partial charge in [-0.2, -0.15) is 0 Å². The van der Waals surface area contributed by atoms with Crippen molar-refractivity contribution in [1.29, 1.82) is 0 Å². The number of carbonyl (C=O) groups is 2. The summed E-state index contributed by atoms with van der Waals surface area (Å²) >= 11 is 0. The van der Waals surface area contributed by atoms with Crippen molar-refractivity contribution in [3.63, 3.8) is 0 Å². The lowest BCUT2D eigenvalue weighted by Gasteiger charge is -2.34. The predicted octanol–water partition coefficient (Wildman–Crippen LogP) is 13.8. The van der Waals surface area contributed by atoms with Gasteiger partial charge in [0.1, 0.15) is 23.0 Å². The fourth-order valence-electron chi connectivity index (χ4n) is 7.47. The van der Waals surface area contributed by atoms with Crippen LogP contribution in [0, 0.1) is 0 Å². The fourth-order valence-corrected chi connectivity index (χ4v) is 16.5. The van der Waals surface area contributed by atoms with Gasteiger partial charge in [-0.05, 0) is 173 Å². The summed E-state index contributed by atoms with van der Waals surface area (Å²) in [5.74, 6) is 2.80. The largest absolute Gasteiger partial charge is 0.494 e. The van der Waals surface area contributed by atoms with Gasteiger partial charge in [0.05, 0.1) is 39.6 Å². The highest BCUT2D eigenvalue weighted by Gasteiger charge is 2.32. The normalized spacial score (nSPS) is 11.4. The summed E-state index contributed by atoms with van der Waals surface area (Å²) in [4.78, 5) is 22.2. The first-order valence-electron chi connectivity index (χ1n) is 23.7. The summed E-state index contributed by atoms with van der Waals surface area (Å²) in [7, 11) is -3.57. The van der Waals surface area contributed by atoms with Gasteiger partial charge in [-0.25, -0.2) is 9.59 Å². The lowest BCUT2D eigenvalue weighted by molar-refractivity contribution is -0.138. The maximum Gasteiger partial charge on any atom is 0.330 e. The molecule has 65 heavy (non-hydrogen) atoms. The van der Waals surface area contributed by atoms with Crippen LogP contribution in [0.4, 0.5) is 0 Å². The van der Waals surface area contributed by atoms with Crippen molar-refractivity contribution in [1.82, 2.24) is 0 Å². The molecule has 0 radical (unpaired) electrons. The molecule has 352 valence electrons. The third-order valence-electron chi connectivity index (χ3n) is 11.0. The Labute approximate surface area is 391 Å². The van der Waals surface area contributed by atoms with E-state index >= 15 is 0 Å². The fraction of sp³-hybridized carbons (Fsp3) is 0.444. The number of ether oxygens (including phenoxy) is 6. The van der Waals surface area contributed by atoms with Gasteiger partial charge in [-0.1, -0.05) is 74.5 Å². The molecule has 0 aliphatic heterocycles. The SMILES string of the molecule is C=CC(=O)OCCCCCCOc1ccc(-c2ccc(OCCCC[Si](C)(C)O[Si](C)(C)CCCCOc3ccc(-c4ccc(OCCCCCCOC(=O)C=C)cc4)cc3)cc2)cc1. The average molecular weight is 923 g/mol. The molecule has 0 bridgehead atoms. The Morgan fingerprint density at radius 3 is 0.892 bits per heavy atom. The third-order valence-corrected chi connectivity index (χ3v) is 18.5. The van der Waals surface area contributed by atoms with Gasteiger partial charge in [0.15, 0.2) is 16.6 Å². The molecule has 0 saturated heterocycles. The molecule has 0 saturated carbocycles. The van der Waals surface area contributed by atoms with Crippen molar-refractivity contribution in [2.75, 3.05) is 39.6 Å². The summed E-state index contributed by atoms with van der Waals surface area (Å²) in [5.41, 5.74) is 4.57. The smallest absolute Gasteiger partial charge is 0.330 e. The van der Waals surface area contributed by atoms with E-state index in [1.165, 1.54) is 12.2 Å². The molecular weight excluding hydrogens is 849 g/mol. The minimum Gasteiger partial charge on any atom is -0.494 e. The van der Waals surface area contributed by atoms with E-state index in [0.717, 1.165) is 134 Å². The second-order valence-electron chi connectivity index (χ2n) is 17.6. The van der Waals surface area contributed by atoms with Gasteiger partial charge in [0.2, 0.25) is 0 Å². The highest BCUT2D eigenvalue weighted by atomic mass is 28.4. The quantitative estimate of drug-likeness (QED) is 0.0196. The first-order valence-corrected chi connectivity index (χ1v) is 29.9. The van der Waals surface area contributed by atoms with Crippen molar-refractivity contribution in [3.8, 4) is 45.3 Å². The second kappa shape index (κ2) is 29.4. The molecule has 0 N–H and O–H groups in total. The van der Waals surface area contributed by atoms with Gasteiger partial charge < -0.3 is 32.5 Å². The van der Waals surface area contributed by atoms with Crippen LogP contribution in [0.2, 0.25) is 38.3 Å². The van der Waals surface area contributed by atoms with Crippen LogP contribution in [0.1, 0.15) is 77.0 Å². The zero-order chi connectivity index (χ0) is 46.6. The molecule has 4 rings (SSSR count). The molecule has 0 heterocycles. The molecule has 4 aromatic rings. The Bertz CT molecular complexity index is 1820. The Hall–Kier alpha value is -5.11. The molecule has 0 aliphatic rings. The van der Waals surface area contributed by atoms with Gasteiger partial charge in [0.25, 0.3) is 0 Å². The number of benzene rings is 4. The van der Waals surface area contributed by atoms with E-state index in [1.807, 2.05) is 24.3 Å². The maximum atomic E-state index is 11.1. The summed E-state index contributed by atoms with van der Waals surface area (Å²) in [6, 6.07) is 35.4. The highest BCUT2D eigenvalue weighted by Crippen LogP contribution is 2.28. The average Bonchev–Trinajstić information content (AvgIpc) is 3.30. The van der Waals surface area contributed by atoms with Crippen molar-refractivity contribution < 1.29 is 42.1 Å². The number of rotatable bonds is 34. The van der Waals surface area contributed by atoms with Crippen molar-refractivity contribution in [2.24, 2.45) is 0 Å². The molecule has 0 unspecified atom stereocenters. The Morgan fingerprint density at radius 2 is 0.631 bits per heavy atom. The topological polar surface area (TPSA) is 98.8 Å². The summed E-state index contributed by atoms with van der Waals surface area (Å²) in [6.07, 6.45) is 14.3. The highest BCUT2D eigenvalue weighted by molar-refractivity contribution is 6.84. The molecule has 9 nitrogen and oxygen atoms in total. The first kappa shape index (κ1) is 52.5. The van der Waals surface area contributed by atoms with Gasteiger partial charge >= 0.3 is 11.9 Å². The number of esters is 2. The van der Waals surface area contributed by atoms with E-state index in [4.69, 9.17) is 32.5 Å². The first-order chi connectivity index (χ1) is 31.4. The van der Waals surface area contributed by atoms with Gasteiger partial charge in [-0.3, -0.25) is 0 Å². The molecule has 0 amide bonds. The van der Waals surface area contributed by atoms with Crippen LogP contribution >= 0.6 is 0 Å². The van der Waals surface area contributed by atoms with Crippen LogP contribution < -0.4 is 18.9 Å². The van der Waals surface area contributed by atoms with E-state index in [-0.39, 0.29) is 11.9 Å². The Balaban J connectivity index is 1.02. The van der Waals surface area contributed by atoms with Crippen molar-refractivity contribution in [2.45, 2.75) is 115 Å². The van der Waals surface area contributed by atoms with E-state index in [2.05, 4.69) is 112 Å². The molecule has 0 aliphatic carbocycles. The lowest BCUT2D eigenvalue weighted by atomic mass is 10.1. The van der Waals surface area contributed by atoms with E-state index in [1.54, 1.807) is 0 Å². The number of hydrogen-bond acceptors (Lipinski definition) is 9.